The number of rotatable bonds is 11. The lowest BCUT2D eigenvalue weighted by atomic mass is 10.1. The summed E-state index contributed by atoms with van der Waals surface area (Å²) in [6.45, 7) is 1.81. The molecule has 2 N–H and O–H groups in total. The Morgan fingerprint density at radius 2 is 1.78 bits per heavy atom. The maximum atomic E-state index is 12.2. The number of nitrogens with one attached hydrogen (secondary N) is 2. The van der Waals surface area contributed by atoms with E-state index in [0.717, 1.165) is 0 Å². The molecule has 3 rings (SSSR count). The van der Waals surface area contributed by atoms with Crippen molar-refractivity contribution >= 4 is 41.0 Å². The highest BCUT2D eigenvalue weighted by Crippen LogP contribution is 2.36. The van der Waals surface area contributed by atoms with Crippen molar-refractivity contribution in [3.8, 4) is 11.5 Å². The van der Waals surface area contributed by atoms with Crippen molar-refractivity contribution in [2.24, 2.45) is 5.10 Å². The predicted octanol–water partition coefficient (Wildman–Crippen LogP) is 4.36. The molecule has 3 aromatic carbocycles. The fraction of sp³-hybridized carbons (Fsp3) is 0.160. The van der Waals surface area contributed by atoms with Crippen molar-refractivity contribution in [3.63, 3.8) is 0 Å². The number of benzene rings is 3. The maximum Gasteiger partial charge on any atom is 0.273 e. The summed E-state index contributed by atoms with van der Waals surface area (Å²) in [6.07, 6.45) is 1.13. The lowest BCUT2D eigenvalue weighted by Crippen LogP contribution is -2.20. The Morgan fingerprint density at radius 1 is 1.06 bits per heavy atom. The molecule has 10 nitrogen and oxygen atoms in total. The van der Waals surface area contributed by atoms with Crippen LogP contribution in [0.5, 0.6) is 11.5 Å². The molecule has 0 aliphatic rings. The third kappa shape index (κ3) is 7.54. The zero-order valence-corrected chi connectivity index (χ0v) is 20.0. The number of carbonyl (C=O) groups is 2. The van der Waals surface area contributed by atoms with Crippen LogP contribution in [0.4, 0.5) is 11.4 Å². The van der Waals surface area contributed by atoms with E-state index >= 15 is 0 Å². The highest BCUT2D eigenvalue weighted by molar-refractivity contribution is 6.32. The normalized spacial score (nSPS) is 10.6. The van der Waals surface area contributed by atoms with Gasteiger partial charge in [0, 0.05) is 17.3 Å². The highest BCUT2D eigenvalue weighted by atomic mass is 35.5. The van der Waals surface area contributed by atoms with E-state index in [2.05, 4.69) is 15.8 Å². The summed E-state index contributed by atoms with van der Waals surface area (Å²) in [4.78, 5) is 35.0. The van der Waals surface area contributed by atoms with E-state index in [1.54, 1.807) is 43.3 Å². The van der Waals surface area contributed by atoms with Gasteiger partial charge in [-0.15, -0.1) is 0 Å². The summed E-state index contributed by atoms with van der Waals surface area (Å²) in [5.41, 5.74) is 3.60. The summed E-state index contributed by atoms with van der Waals surface area (Å²) in [7, 11) is 0. The first-order chi connectivity index (χ1) is 17.4. The molecule has 0 unspecified atom stereocenters. The number of nitro benzene ring substituents is 1. The molecule has 186 valence electrons. The Bertz CT molecular complexity index is 1270. The average molecular weight is 511 g/mol. The Morgan fingerprint density at radius 3 is 2.50 bits per heavy atom. The number of carbonyl (C=O) groups excluding carboxylic acids is 2. The van der Waals surface area contributed by atoms with Gasteiger partial charge in [0.25, 0.3) is 11.6 Å². The van der Waals surface area contributed by atoms with Gasteiger partial charge in [0.15, 0.2) is 18.1 Å². The minimum atomic E-state index is -0.544. The average Bonchev–Trinajstić information content (AvgIpc) is 2.84. The largest absolute Gasteiger partial charge is 0.490 e. The number of hydrogen-bond acceptors (Lipinski definition) is 7. The van der Waals surface area contributed by atoms with Crippen LogP contribution in [0.1, 0.15) is 18.1 Å². The van der Waals surface area contributed by atoms with Crippen LogP contribution in [0.25, 0.3) is 0 Å². The van der Waals surface area contributed by atoms with Crippen LogP contribution in [-0.4, -0.2) is 36.2 Å². The second-order valence-corrected chi connectivity index (χ2v) is 7.73. The van der Waals surface area contributed by atoms with Crippen LogP contribution < -0.4 is 20.2 Å². The van der Waals surface area contributed by atoms with E-state index in [-0.39, 0.29) is 41.0 Å². The number of nitro groups is 1. The Labute approximate surface area is 212 Å². The first-order valence-corrected chi connectivity index (χ1v) is 11.2. The molecule has 3 aromatic rings. The van der Waals surface area contributed by atoms with Crippen molar-refractivity contribution in [1.29, 1.82) is 0 Å². The highest BCUT2D eigenvalue weighted by Gasteiger charge is 2.16. The molecule has 0 aromatic heterocycles. The van der Waals surface area contributed by atoms with Crippen LogP contribution in [0.15, 0.2) is 71.8 Å². The third-order valence-corrected chi connectivity index (χ3v) is 4.96. The molecular formula is C25H23ClN4O6. The van der Waals surface area contributed by atoms with Gasteiger partial charge in [-0.3, -0.25) is 19.7 Å². The first kappa shape index (κ1) is 26.2. The quantitative estimate of drug-likeness (QED) is 0.224. The van der Waals surface area contributed by atoms with Crippen molar-refractivity contribution in [1.82, 2.24) is 5.43 Å². The molecule has 0 saturated carbocycles. The third-order valence-electron chi connectivity index (χ3n) is 4.68. The van der Waals surface area contributed by atoms with Crippen molar-refractivity contribution in [2.75, 3.05) is 18.5 Å². The zero-order valence-electron chi connectivity index (χ0n) is 19.3. The monoisotopic (exact) mass is 510 g/mol. The topological polar surface area (TPSA) is 132 Å². The van der Waals surface area contributed by atoms with Gasteiger partial charge in [-0.05, 0) is 36.8 Å². The lowest BCUT2D eigenvalue weighted by molar-refractivity contribution is -0.385. The molecule has 36 heavy (non-hydrogen) atoms. The van der Waals surface area contributed by atoms with Gasteiger partial charge >= 0.3 is 0 Å². The fourth-order valence-corrected chi connectivity index (χ4v) is 3.43. The SMILES string of the molecule is CCOc1cc(/C=N/NC(=O)Cc2ccccc2[N+](=O)[O-])cc(Cl)c1OCC(=O)Nc1ccccc1. The summed E-state index contributed by atoms with van der Waals surface area (Å²) >= 11 is 6.36. The standard InChI is InChI=1S/C25H23ClN4O6/c1-2-35-22-13-17(15-27-29-23(31)14-18-8-6-7-11-21(18)30(33)34)12-20(26)25(22)36-16-24(32)28-19-9-4-3-5-10-19/h3-13,15H,2,14,16H2,1H3,(H,28,32)(H,29,31)/b27-15+. The summed E-state index contributed by atoms with van der Waals surface area (Å²) < 4.78 is 11.2. The van der Waals surface area contributed by atoms with Gasteiger partial charge in [-0.1, -0.05) is 48.0 Å². The van der Waals surface area contributed by atoms with Gasteiger partial charge in [-0.2, -0.15) is 5.10 Å². The van der Waals surface area contributed by atoms with Crippen molar-refractivity contribution in [2.45, 2.75) is 13.3 Å². The van der Waals surface area contributed by atoms with E-state index in [1.807, 2.05) is 6.07 Å². The number of halogens is 1. The summed E-state index contributed by atoms with van der Waals surface area (Å²) in [5.74, 6) is -0.405. The van der Waals surface area contributed by atoms with Gasteiger partial charge in [0.2, 0.25) is 5.91 Å². The second kappa shape index (κ2) is 12.9. The van der Waals surface area contributed by atoms with E-state index in [1.165, 1.54) is 30.5 Å². The Balaban J connectivity index is 1.63. The number of hydrogen-bond donors (Lipinski definition) is 2. The van der Waals surface area contributed by atoms with Gasteiger partial charge in [-0.25, -0.2) is 5.43 Å². The molecule has 0 spiro atoms. The van der Waals surface area contributed by atoms with Crippen LogP contribution >= 0.6 is 11.6 Å². The number of nitrogens with zero attached hydrogens (tertiary/aromatic N) is 2. The lowest BCUT2D eigenvalue weighted by Gasteiger charge is -2.14. The molecule has 0 radical (unpaired) electrons. The molecule has 11 heteroatoms. The second-order valence-electron chi connectivity index (χ2n) is 7.32. The molecule has 0 bridgehead atoms. The fourth-order valence-electron chi connectivity index (χ4n) is 3.15. The Hall–Kier alpha value is -4.44. The van der Waals surface area contributed by atoms with E-state index in [9.17, 15) is 19.7 Å². The van der Waals surface area contributed by atoms with Gasteiger partial charge in [0.1, 0.15) is 0 Å². The Kier molecular flexibility index (Phi) is 9.35. The smallest absolute Gasteiger partial charge is 0.273 e. The molecular weight excluding hydrogens is 488 g/mol. The number of amides is 2. The first-order valence-electron chi connectivity index (χ1n) is 10.9. The van der Waals surface area contributed by atoms with Gasteiger partial charge < -0.3 is 14.8 Å². The minimum absolute atomic E-state index is 0.141. The minimum Gasteiger partial charge on any atom is -0.490 e. The van der Waals surface area contributed by atoms with Crippen LogP contribution in [0, 0.1) is 10.1 Å². The number of para-hydroxylation sites is 2. The van der Waals surface area contributed by atoms with Gasteiger partial charge in [0.05, 0.1) is 29.2 Å². The van der Waals surface area contributed by atoms with E-state index < -0.39 is 10.8 Å². The zero-order chi connectivity index (χ0) is 25.9. The van der Waals surface area contributed by atoms with E-state index in [0.29, 0.717) is 23.6 Å². The summed E-state index contributed by atoms with van der Waals surface area (Å²) in [6, 6.07) is 18.1. The number of hydrazone groups is 1. The van der Waals surface area contributed by atoms with Crippen molar-refractivity contribution < 1.29 is 24.0 Å². The molecule has 0 aliphatic heterocycles. The molecule has 2 amide bonds. The summed E-state index contributed by atoms with van der Waals surface area (Å²) in [5, 5.41) is 17.9. The predicted molar refractivity (Wildman–Crippen MR) is 136 cm³/mol. The molecule has 0 aliphatic carbocycles. The van der Waals surface area contributed by atoms with Crippen LogP contribution in [0.2, 0.25) is 5.02 Å². The number of anilines is 1. The molecule has 0 fully saturated rings. The van der Waals surface area contributed by atoms with Crippen molar-refractivity contribution in [3.05, 3.63) is 93.0 Å². The van der Waals surface area contributed by atoms with E-state index in [4.69, 9.17) is 21.1 Å². The molecule has 0 heterocycles. The van der Waals surface area contributed by atoms with Crippen LogP contribution in [0.3, 0.4) is 0 Å². The van der Waals surface area contributed by atoms with Crippen LogP contribution in [-0.2, 0) is 16.0 Å². The molecule has 0 atom stereocenters. The number of ether oxygens (including phenoxy) is 2. The molecule has 0 saturated heterocycles. The maximum absolute atomic E-state index is 12.2.